The van der Waals surface area contributed by atoms with E-state index in [1.54, 1.807) is 22.4 Å². The molecule has 3 fully saturated rings. The monoisotopic (exact) mass is 849 g/mol. The van der Waals surface area contributed by atoms with Crippen molar-refractivity contribution in [2.24, 2.45) is 13.0 Å². The van der Waals surface area contributed by atoms with Gasteiger partial charge in [-0.3, -0.25) is 28.2 Å². The zero-order chi connectivity index (χ0) is 42.8. The molecule has 5 heterocycles. The van der Waals surface area contributed by atoms with Crippen molar-refractivity contribution in [2.45, 2.75) is 114 Å². The van der Waals surface area contributed by atoms with Crippen molar-refractivity contribution in [3.63, 3.8) is 0 Å². The zero-order valence-electron chi connectivity index (χ0n) is 36.1. The van der Waals surface area contributed by atoms with Gasteiger partial charge in [0.15, 0.2) is 0 Å². The summed E-state index contributed by atoms with van der Waals surface area (Å²) in [6.45, 7) is 12.1. The molecule has 0 spiro atoms. The van der Waals surface area contributed by atoms with E-state index in [1.165, 1.54) is 18.4 Å². The van der Waals surface area contributed by atoms with Crippen LogP contribution in [0, 0.1) is 19.8 Å². The van der Waals surface area contributed by atoms with Gasteiger partial charge in [0.25, 0.3) is 0 Å². The predicted molar refractivity (Wildman–Crippen MR) is 237 cm³/mol. The summed E-state index contributed by atoms with van der Waals surface area (Å²) in [6, 6.07) is 13.6. The van der Waals surface area contributed by atoms with Crippen LogP contribution in [-0.2, 0) is 32.2 Å². The second-order valence-electron chi connectivity index (χ2n) is 17.4. The molecule has 2 amide bonds. The van der Waals surface area contributed by atoms with Gasteiger partial charge in [-0.05, 0) is 152 Å². The Morgan fingerprint density at radius 1 is 0.934 bits per heavy atom. The summed E-state index contributed by atoms with van der Waals surface area (Å²) in [6.07, 6.45) is 11.8. The number of amides is 2. The van der Waals surface area contributed by atoms with Crippen LogP contribution >= 0.6 is 0 Å². The van der Waals surface area contributed by atoms with Crippen LogP contribution in [0.2, 0.25) is 0 Å². The number of anilines is 2. The summed E-state index contributed by atoms with van der Waals surface area (Å²) >= 11 is 0. The fourth-order valence-electron chi connectivity index (χ4n) is 9.61. The molecule has 0 bridgehead atoms. The summed E-state index contributed by atoms with van der Waals surface area (Å²) in [7, 11) is 0.640. The van der Waals surface area contributed by atoms with Crippen LogP contribution in [0.3, 0.4) is 0 Å². The van der Waals surface area contributed by atoms with Gasteiger partial charge in [0.05, 0.1) is 45.5 Å². The molecule has 3 aromatic heterocycles. The third-order valence-electron chi connectivity index (χ3n) is 13.0. The van der Waals surface area contributed by atoms with E-state index >= 15 is 0 Å². The van der Waals surface area contributed by atoms with E-state index in [1.807, 2.05) is 50.4 Å². The molecule has 2 unspecified atom stereocenters. The molecule has 5 aromatic rings. The minimum absolute atomic E-state index is 0.230. The van der Waals surface area contributed by atoms with Crippen LogP contribution in [-0.4, -0.2) is 87.7 Å². The highest BCUT2D eigenvalue weighted by Gasteiger charge is 2.32. The lowest BCUT2D eigenvalue weighted by Gasteiger charge is -2.36. The van der Waals surface area contributed by atoms with Crippen LogP contribution in [0.15, 0.2) is 64.5 Å². The molecule has 15 heteroatoms. The van der Waals surface area contributed by atoms with Crippen LogP contribution in [0.25, 0.3) is 22.4 Å². The maximum atomic E-state index is 13.3. The fraction of sp³-hybridized carbons (Fsp3) is 0.522. The van der Waals surface area contributed by atoms with Crippen molar-refractivity contribution in [1.82, 2.24) is 38.9 Å². The standard InChI is InChI=1S/C46H59N9O5S/c1-29(2)54-31(4)48-27-42(54)38-17-20-47-45(50-38)49-37-13-12-36(25-30(37)3)61(59)24-6-23-60-35-10-7-32(8-11-35)28-53-21-18-33(19-22-53)34-9-14-39-41(26-34)52(5)46(58)55(39)40-15-16-43(56)51-44(40)57/h9,12-14,17,20,25-27,29,32-33,35,40H,6-8,10-11,15-16,18-19,21-24,28H2,1-5H3,(H,47,49,50)(H,51,56,57). The van der Waals surface area contributed by atoms with Gasteiger partial charge in [-0.15, -0.1) is 0 Å². The molecule has 0 radical (unpaired) electrons. The molecule has 2 N–H and O–H groups in total. The van der Waals surface area contributed by atoms with E-state index in [4.69, 9.17) is 9.72 Å². The van der Waals surface area contributed by atoms with E-state index in [0.29, 0.717) is 36.6 Å². The quantitative estimate of drug-likeness (QED) is 0.0893. The number of piperidine rings is 2. The lowest BCUT2D eigenvalue weighted by Crippen LogP contribution is -2.44. The molecule has 2 aromatic carbocycles. The Morgan fingerprint density at radius 2 is 1.72 bits per heavy atom. The van der Waals surface area contributed by atoms with Crippen LogP contribution in [0.1, 0.15) is 107 Å². The van der Waals surface area contributed by atoms with Crippen molar-refractivity contribution in [2.75, 3.05) is 37.3 Å². The molecule has 8 rings (SSSR count). The molecule has 3 aliphatic rings. The number of hydrogen-bond acceptors (Lipinski definition) is 10. The molecular weight excluding hydrogens is 791 g/mol. The molecule has 2 saturated heterocycles. The van der Waals surface area contributed by atoms with E-state index in [9.17, 15) is 18.6 Å². The minimum Gasteiger partial charge on any atom is -0.378 e. The molecule has 14 nitrogen and oxygen atoms in total. The lowest BCUT2D eigenvalue weighted by molar-refractivity contribution is -0.135. The number of carbonyl (C=O) groups excluding carboxylic acids is 2. The highest BCUT2D eigenvalue weighted by molar-refractivity contribution is 7.85. The number of benzene rings is 2. The summed E-state index contributed by atoms with van der Waals surface area (Å²) in [5.41, 5.74) is 6.18. The van der Waals surface area contributed by atoms with E-state index in [-0.39, 0.29) is 30.2 Å². The predicted octanol–water partition coefficient (Wildman–Crippen LogP) is 6.87. The summed E-state index contributed by atoms with van der Waals surface area (Å²) in [5.74, 6) is 2.41. The number of nitrogens with zero attached hydrogens (tertiary/aromatic N) is 7. The maximum Gasteiger partial charge on any atom is 0.329 e. The summed E-state index contributed by atoms with van der Waals surface area (Å²) in [4.78, 5) is 54.7. The average Bonchev–Trinajstić information content (AvgIpc) is 3.76. The highest BCUT2D eigenvalue weighted by Crippen LogP contribution is 2.34. The van der Waals surface area contributed by atoms with Crippen LogP contribution < -0.4 is 16.3 Å². The second kappa shape index (κ2) is 18.5. The first-order chi connectivity index (χ1) is 29.4. The van der Waals surface area contributed by atoms with Crippen molar-refractivity contribution in [1.29, 1.82) is 0 Å². The van der Waals surface area contributed by atoms with Crippen LogP contribution in [0.4, 0.5) is 11.6 Å². The van der Waals surface area contributed by atoms with E-state index in [2.05, 4.69) is 56.0 Å². The van der Waals surface area contributed by atoms with Crippen molar-refractivity contribution >= 4 is 45.3 Å². The minimum atomic E-state index is -1.12. The number of imide groups is 1. The Kier molecular flexibility index (Phi) is 13.0. The highest BCUT2D eigenvalue weighted by atomic mass is 32.2. The Bertz CT molecular complexity index is 2470. The maximum absolute atomic E-state index is 13.3. The number of imidazole rings is 2. The van der Waals surface area contributed by atoms with Gasteiger partial charge >= 0.3 is 5.69 Å². The molecule has 2 atom stereocenters. The SMILES string of the molecule is Cc1cc(S(=O)CCCOC2CCC(CN3CCC(c4ccc5c(c4)n(C)c(=O)n5C4CCC(=O)NC4=O)CC3)CC2)ccc1Nc1nccc(-c2cnc(C)n2C(C)C)n1. The Morgan fingerprint density at radius 3 is 2.46 bits per heavy atom. The number of hydrogen-bond donors (Lipinski definition) is 2. The van der Waals surface area contributed by atoms with Crippen molar-refractivity contribution in [3.8, 4) is 11.4 Å². The lowest BCUT2D eigenvalue weighted by atomic mass is 9.85. The number of likely N-dealkylation sites (tertiary alicyclic amines) is 1. The zero-order valence-corrected chi connectivity index (χ0v) is 36.9. The molecule has 1 saturated carbocycles. The average molecular weight is 850 g/mol. The number of nitrogens with one attached hydrogen (secondary N) is 2. The molecule has 324 valence electrons. The first-order valence-electron chi connectivity index (χ1n) is 21.9. The summed E-state index contributed by atoms with van der Waals surface area (Å²) < 4.78 is 24.9. The number of ether oxygens (including phenoxy) is 1. The number of rotatable bonds is 14. The molecular formula is C46H59N9O5S. The van der Waals surface area contributed by atoms with E-state index in [0.717, 1.165) is 96.1 Å². The largest absolute Gasteiger partial charge is 0.378 e. The Hall–Kier alpha value is -4.99. The number of fused-ring (bicyclic) bond motifs is 1. The summed E-state index contributed by atoms with van der Waals surface area (Å²) in [5, 5.41) is 5.73. The number of aromatic nitrogens is 6. The Balaban J connectivity index is 0.745. The van der Waals surface area contributed by atoms with Gasteiger partial charge in [-0.2, -0.15) is 0 Å². The van der Waals surface area contributed by atoms with E-state index < -0.39 is 22.7 Å². The van der Waals surface area contributed by atoms with Crippen molar-refractivity contribution < 1.29 is 18.5 Å². The van der Waals surface area contributed by atoms with Gasteiger partial charge in [-0.1, -0.05) is 6.07 Å². The smallest absolute Gasteiger partial charge is 0.329 e. The Labute approximate surface area is 360 Å². The first-order valence-corrected chi connectivity index (χ1v) is 23.3. The topological polar surface area (TPSA) is 158 Å². The molecule has 1 aliphatic carbocycles. The van der Waals surface area contributed by atoms with Gasteiger partial charge in [0.2, 0.25) is 17.8 Å². The molecule has 61 heavy (non-hydrogen) atoms. The van der Waals surface area contributed by atoms with Gasteiger partial charge < -0.3 is 19.5 Å². The fourth-order valence-corrected chi connectivity index (χ4v) is 10.8. The third-order valence-corrected chi connectivity index (χ3v) is 14.4. The van der Waals surface area contributed by atoms with Gasteiger partial charge in [0, 0.05) is 55.2 Å². The first kappa shape index (κ1) is 42.7. The van der Waals surface area contributed by atoms with Gasteiger partial charge in [-0.25, -0.2) is 19.7 Å². The van der Waals surface area contributed by atoms with Crippen LogP contribution in [0.5, 0.6) is 0 Å². The normalized spacial score (nSPS) is 21.0. The van der Waals surface area contributed by atoms with Crippen molar-refractivity contribution in [3.05, 3.63) is 82.3 Å². The third kappa shape index (κ3) is 9.43. The number of carbonyl (C=O) groups is 2. The second-order valence-corrected chi connectivity index (χ2v) is 19.0. The number of aryl methyl sites for hydroxylation is 3. The van der Waals surface area contributed by atoms with Gasteiger partial charge in [0.1, 0.15) is 11.9 Å². The molecule has 2 aliphatic heterocycles.